The predicted octanol–water partition coefficient (Wildman–Crippen LogP) is 3.05. The highest BCUT2D eigenvalue weighted by Crippen LogP contribution is 2.19. The van der Waals surface area contributed by atoms with Crippen LogP contribution in [0.3, 0.4) is 0 Å². The van der Waals surface area contributed by atoms with Gasteiger partial charge in [-0.1, -0.05) is 30.7 Å². The van der Waals surface area contributed by atoms with Crippen LogP contribution in [-0.4, -0.2) is 37.7 Å². The van der Waals surface area contributed by atoms with Crippen molar-refractivity contribution in [3.05, 3.63) is 34.9 Å². The lowest BCUT2D eigenvalue weighted by molar-refractivity contribution is 0.118. The molecule has 2 unspecified atom stereocenters. The number of ether oxygens (including phenoxy) is 1. The molecular formula is C17H30N2O. The third-order valence-corrected chi connectivity index (χ3v) is 4.05. The number of rotatable bonds is 8. The average molecular weight is 278 g/mol. The smallest absolute Gasteiger partial charge is 0.0589 e. The lowest BCUT2D eigenvalue weighted by Gasteiger charge is -2.31. The fourth-order valence-electron chi connectivity index (χ4n) is 2.55. The summed E-state index contributed by atoms with van der Waals surface area (Å²) < 4.78 is 5.21. The van der Waals surface area contributed by atoms with Gasteiger partial charge in [0.1, 0.15) is 0 Å². The van der Waals surface area contributed by atoms with Gasteiger partial charge in [0.05, 0.1) is 6.61 Å². The van der Waals surface area contributed by atoms with Crippen LogP contribution in [0.1, 0.15) is 43.0 Å². The molecule has 1 aromatic carbocycles. The molecule has 2 atom stereocenters. The SMILES string of the molecule is CCC(C)N(CCOC)CC(N)c1ccc(C)cc1C. The maximum absolute atomic E-state index is 6.43. The predicted molar refractivity (Wildman–Crippen MR) is 86.0 cm³/mol. The maximum Gasteiger partial charge on any atom is 0.0589 e. The number of hydrogen-bond acceptors (Lipinski definition) is 3. The van der Waals surface area contributed by atoms with Crippen LogP contribution in [0.5, 0.6) is 0 Å². The van der Waals surface area contributed by atoms with Gasteiger partial charge in [-0.3, -0.25) is 4.90 Å². The van der Waals surface area contributed by atoms with Crippen molar-refractivity contribution in [2.45, 2.75) is 46.2 Å². The molecule has 0 spiro atoms. The summed E-state index contributed by atoms with van der Waals surface area (Å²) in [5.41, 5.74) is 10.3. The molecule has 0 radical (unpaired) electrons. The minimum Gasteiger partial charge on any atom is -0.383 e. The summed E-state index contributed by atoms with van der Waals surface area (Å²) in [6.07, 6.45) is 1.13. The summed E-state index contributed by atoms with van der Waals surface area (Å²) in [5, 5.41) is 0. The Labute approximate surface area is 124 Å². The van der Waals surface area contributed by atoms with Crippen molar-refractivity contribution in [1.82, 2.24) is 4.90 Å². The van der Waals surface area contributed by atoms with Crippen molar-refractivity contribution in [2.75, 3.05) is 26.8 Å². The van der Waals surface area contributed by atoms with E-state index in [0.717, 1.165) is 26.1 Å². The van der Waals surface area contributed by atoms with Crippen LogP contribution < -0.4 is 5.73 Å². The van der Waals surface area contributed by atoms with Gasteiger partial charge in [-0.2, -0.15) is 0 Å². The Balaban J connectivity index is 2.75. The van der Waals surface area contributed by atoms with Crippen LogP contribution in [0.4, 0.5) is 0 Å². The van der Waals surface area contributed by atoms with Gasteiger partial charge in [0.25, 0.3) is 0 Å². The maximum atomic E-state index is 6.43. The number of methoxy groups -OCH3 is 1. The molecule has 3 nitrogen and oxygen atoms in total. The second-order valence-electron chi connectivity index (χ2n) is 5.71. The second-order valence-corrected chi connectivity index (χ2v) is 5.71. The van der Waals surface area contributed by atoms with Crippen LogP contribution in [0.2, 0.25) is 0 Å². The number of hydrogen-bond donors (Lipinski definition) is 1. The van der Waals surface area contributed by atoms with Crippen molar-refractivity contribution in [1.29, 1.82) is 0 Å². The average Bonchev–Trinajstić information content (AvgIpc) is 2.42. The Hall–Kier alpha value is -0.900. The van der Waals surface area contributed by atoms with Crippen LogP contribution in [0.15, 0.2) is 18.2 Å². The number of aryl methyl sites for hydroxylation is 2. The van der Waals surface area contributed by atoms with E-state index < -0.39 is 0 Å². The Bertz CT molecular complexity index is 406. The van der Waals surface area contributed by atoms with Crippen LogP contribution >= 0.6 is 0 Å². The van der Waals surface area contributed by atoms with Gasteiger partial charge in [-0.05, 0) is 38.3 Å². The minimum atomic E-state index is 0.0569. The summed E-state index contributed by atoms with van der Waals surface area (Å²) in [7, 11) is 1.75. The number of nitrogens with two attached hydrogens (primary N) is 1. The molecule has 0 aliphatic heterocycles. The molecule has 0 fully saturated rings. The largest absolute Gasteiger partial charge is 0.383 e. The Morgan fingerprint density at radius 1 is 1.30 bits per heavy atom. The lowest BCUT2D eigenvalue weighted by Crippen LogP contribution is -2.40. The highest BCUT2D eigenvalue weighted by atomic mass is 16.5. The van der Waals surface area contributed by atoms with E-state index >= 15 is 0 Å². The molecule has 114 valence electrons. The Morgan fingerprint density at radius 2 is 2.00 bits per heavy atom. The highest BCUT2D eigenvalue weighted by Gasteiger charge is 2.17. The summed E-state index contributed by atoms with van der Waals surface area (Å²) in [6.45, 7) is 11.3. The first-order valence-corrected chi connectivity index (χ1v) is 7.55. The zero-order chi connectivity index (χ0) is 15.1. The van der Waals surface area contributed by atoms with Crippen LogP contribution in [0, 0.1) is 13.8 Å². The van der Waals surface area contributed by atoms with E-state index in [1.165, 1.54) is 16.7 Å². The zero-order valence-electron chi connectivity index (χ0n) is 13.6. The van der Waals surface area contributed by atoms with Crippen molar-refractivity contribution >= 4 is 0 Å². The van der Waals surface area contributed by atoms with E-state index in [0.29, 0.717) is 6.04 Å². The van der Waals surface area contributed by atoms with Gasteiger partial charge in [0, 0.05) is 32.3 Å². The fourth-order valence-corrected chi connectivity index (χ4v) is 2.55. The molecule has 0 saturated heterocycles. The van der Waals surface area contributed by atoms with Gasteiger partial charge in [-0.15, -0.1) is 0 Å². The first-order chi connectivity index (χ1) is 9.49. The molecule has 0 amide bonds. The van der Waals surface area contributed by atoms with Crippen molar-refractivity contribution < 1.29 is 4.74 Å². The molecule has 0 aliphatic carbocycles. The van der Waals surface area contributed by atoms with Crippen molar-refractivity contribution in [3.8, 4) is 0 Å². The lowest BCUT2D eigenvalue weighted by atomic mass is 9.99. The van der Waals surface area contributed by atoms with E-state index in [2.05, 4.69) is 50.8 Å². The summed E-state index contributed by atoms with van der Waals surface area (Å²) in [5.74, 6) is 0. The van der Waals surface area contributed by atoms with E-state index in [1.54, 1.807) is 7.11 Å². The van der Waals surface area contributed by atoms with Crippen molar-refractivity contribution in [2.24, 2.45) is 5.73 Å². The summed E-state index contributed by atoms with van der Waals surface area (Å²) in [4.78, 5) is 2.42. The van der Waals surface area contributed by atoms with Gasteiger partial charge in [0.15, 0.2) is 0 Å². The summed E-state index contributed by atoms with van der Waals surface area (Å²) >= 11 is 0. The molecule has 0 saturated carbocycles. The molecule has 0 aromatic heterocycles. The molecule has 0 bridgehead atoms. The van der Waals surface area contributed by atoms with E-state index in [-0.39, 0.29) is 6.04 Å². The molecular weight excluding hydrogens is 248 g/mol. The molecule has 20 heavy (non-hydrogen) atoms. The second kappa shape index (κ2) is 8.40. The van der Waals surface area contributed by atoms with Crippen molar-refractivity contribution in [3.63, 3.8) is 0 Å². The third-order valence-electron chi connectivity index (χ3n) is 4.05. The quantitative estimate of drug-likeness (QED) is 0.794. The van der Waals surface area contributed by atoms with Gasteiger partial charge in [-0.25, -0.2) is 0 Å². The zero-order valence-corrected chi connectivity index (χ0v) is 13.6. The topological polar surface area (TPSA) is 38.5 Å². The molecule has 1 rings (SSSR count). The Morgan fingerprint density at radius 3 is 2.55 bits per heavy atom. The van der Waals surface area contributed by atoms with E-state index in [4.69, 9.17) is 10.5 Å². The molecule has 3 heteroatoms. The Kier molecular flexibility index (Phi) is 7.20. The monoisotopic (exact) mass is 278 g/mol. The van der Waals surface area contributed by atoms with Gasteiger partial charge in [0.2, 0.25) is 0 Å². The van der Waals surface area contributed by atoms with Crippen LogP contribution in [-0.2, 0) is 4.74 Å². The van der Waals surface area contributed by atoms with Gasteiger partial charge < -0.3 is 10.5 Å². The van der Waals surface area contributed by atoms with Crippen LogP contribution in [0.25, 0.3) is 0 Å². The first-order valence-electron chi connectivity index (χ1n) is 7.55. The minimum absolute atomic E-state index is 0.0569. The molecule has 2 N–H and O–H groups in total. The number of benzene rings is 1. The normalized spacial score (nSPS) is 14.6. The summed E-state index contributed by atoms with van der Waals surface area (Å²) in [6, 6.07) is 7.10. The van der Waals surface area contributed by atoms with E-state index in [1.807, 2.05) is 0 Å². The van der Waals surface area contributed by atoms with Gasteiger partial charge >= 0.3 is 0 Å². The first kappa shape index (κ1) is 17.2. The molecule has 0 heterocycles. The fraction of sp³-hybridized carbons (Fsp3) is 0.647. The number of nitrogens with zero attached hydrogens (tertiary/aromatic N) is 1. The third kappa shape index (κ3) is 4.89. The molecule has 1 aromatic rings. The highest BCUT2D eigenvalue weighted by molar-refractivity contribution is 5.32. The van der Waals surface area contributed by atoms with E-state index in [9.17, 15) is 0 Å². The standard InChI is InChI=1S/C17H30N2O/c1-6-15(4)19(9-10-20-5)12-17(18)16-8-7-13(2)11-14(16)3/h7-8,11,15,17H,6,9-10,12,18H2,1-5H3. The molecule has 0 aliphatic rings.